The first-order valence-corrected chi connectivity index (χ1v) is 10.4. The van der Waals surface area contributed by atoms with Crippen LogP contribution in [0.5, 0.6) is 0 Å². The van der Waals surface area contributed by atoms with Crippen LogP contribution in [-0.2, 0) is 14.4 Å². The number of amides is 1. The molecule has 0 saturated carbocycles. The van der Waals surface area contributed by atoms with Crippen LogP contribution in [0.25, 0.3) is 5.76 Å². The van der Waals surface area contributed by atoms with Gasteiger partial charge in [-0.3, -0.25) is 14.4 Å². The van der Waals surface area contributed by atoms with Gasteiger partial charge in [-0.2, -0.15) is 0 Å². The standard InChI is InChI=1S/C25H27NO5/c1-15(2)17-10-12-18(13-11-17)22-21(23(29)19-8-6-16(3)7-9-19)24(30)25(31)26(22)14-4-5-20(27)28/h6-13,15,22,29H,4-5,14H2,1-3H3,(H,27,28). The SMILES string of the molecule is Cc1ccc(C(O)=C2C(=O)C(=O)N(CCCC(=O)O)C2c2ccc(C(C)C)cc2)cc1. The average molecular weight is 421 g/mol. The molecule has 1 aliphatic heterocycles. The molecule has 1 fully saturated rings. The van der Waals surface area contributed by atoms with Crippen LogP contribution in [0.2, 0.25) is 0 Å². The molecule has 1 unspecified atom stereocenters. The van der Waals surface area contributed by atoms with Gasteiger partial charge in [0.1, 0.15) is 5.76 Å². The summed E-state index contributed by atoms with van der Waals surface area (Å²) in [6.45, 7) is 6.18. The molecule has 1 aliphatic rings. The Balaban J connectivity index is 2.09. The highest BCUT2D eigenvalue weighted by molar-refractivity contribution is 6.46. The van der Waals surface area contributed by atoms with Crippen molar-refractivity contribution in [2.24, 2.45) is 0 Å². The molecule has 6 heteroatoms. The topological polar surface area (TPSA) is 94.9 Å². The lowest BCUT2D eigenvalue weighted by molar-refractivity contribution is -0.140. The molecule has 2 aromatic rings. The number of hydrogen-bond donors (Lipinski definition) is 2. The van der Waals surface area contributed by atoms with E-state index in [1.54, 1.807) is 12.1 Å². The van der Waals surface area contributed by atoms with E-state index < -0.39 is 23.7 Å². The fraction of sp³-hybridized carbons (Fsp3) is 0.320. The van der Waals surface area contributed by atoms with Crippen molar-refractivity contribution in [2.75, 3.05) is 6.54 Å². The van der Waals surface area contributed by atoms with Crippen LogP contribution in [0.1, 0.15) is 60.9 Å². The number of aryl methyl sites for hydroxylation is 1. The van der Waals surface area contributed by atoms with Crippen molar-refractivity contribution in [1.82, 2.24) is 4.90 Å². The molecule has 1 saturated heterocycles. The lowest BCUT2D eigenvalue weighted by Crippen LogP contribution is -2.31. The van der Waals surface area contributed by atoms with Crippen molar-refractivity contribution in [1.29, 1.82) is 0 Å². The maximum absolute atomic E-state index is 12.9. The first-order valence-electron chi connectivity index (χ1n) is 10.4. The van der Waals surface area contributed by atoms with Gasteiger partial charge in [-0.25, -0.2) is 0 Å². The van der Waals surface area contributed by atoms with Gasteiger partial charge >= 0.3 is 5.97 Å². The van der Waals surface area contributed by atoms with Crippen LogP contribution < -0.4 is 0 Å². The second kappa shape index (κ2) is 9.16. The highest BCUT2D eigenvalue weighted by atomic mass is 16.4. The Morgan fingerprint density at radius 2 is 1.61 bits per heavy atom. The van der Waals surface area contributed by atoms with E-state index in [4.69, 9.17) is 5.11 Å². The number of benzene rings is 2. The summed E-state index contributed by atoms with van der Waals surface area (Å²) in [5, 5.41) is 20.0. The van der Waals surface area contributed by atoms with E-state index >= 15 is 0 Å². The predicted octanol–water partition coefficient (Wildman–Crippen LogP) is 4.40. The van der Waals surface area contributed by atoms with E-state index in [-0.39, 0.29) is 30.7 Å². The van der Waals surface area contributed by atoms with Gasteiger partial charge in [0.25, 0.3) is 11.7 Å². The molecule has 3 rings (SSSR count). The molecular formula is C25H27NO5. The van der Waals surface area contributed by atoms with Crippen molar-refractivity contribution in [2.45, 2.75) is 45.6 Å². The summed E-state index contributed by atoms with van der Waals surface area (Å²) in [6.07, 6.45) is 0.105. The Bertz CT molecular complexity index is 1020. The molecule has 0 radical (unpaired) electrons. The summed E-state index contributed by atoms with van der Waals surface area (Å²) in [5.41, 5.74) is 3.31. The number of hydrogen-bond acceptors (Lipinski definition) is 4. The number of carboxylic acids is 1. The lowest BCUT2D eigenvalue weighted by Gasteiger charge is -2.25. The lowest BCUT2D eigenvalue weighted by atomic mass is 9.93. The van der Waals surface area contributed by atoms with E-state index in [1.807, 2.05) is 43.3 Å². The Labute approximate surface area is 181 Å². The number of nitrogens with zero attached hydrogens (tertiary/aromatic N) is 1. The first kappa shape index (κ1) is 22.3. The van der Waals surface area contributed by atoms with Gasteiger partial charge in [0.2, 0.25) is 0 Å². The first-order chi connectivity index (χ1) is 14.7. The van der Waals surface area contributed by atoms with E-state index in [0.717, 1.165) is 11.1 Å². The molecule has 0 spiro atoms. The number of carbonyl (C=O) groups excluding carboxylic acids is 2. The number of carbonyl (C=O) groups is 3. The molecule has 1 atom stereocenters. The fourth-order valence-corrected chi connectivity index (χ4v) is 3.79. The molecule has 2 N–H and O–H groups in total. The molecule has 162 valence electrons. The smallest absolute Gasteiger partial charge is 0.303 e. The number of aliphatic hydroxyl groups excluding tert-OH is 1. The molecule has 6 nitrogen and oxygen atoms in total. The van der Waals surface area contributed by atoms with Gasteiger partial charge < -0.3 is 15.1 Å². The van der Waals surface area contributed by atoms with Crippen molar-refractivity contribution in [3.8, 4) is 0 Å². The third kappa shape index (κ3) is 4.68. The maximum Gasteiger partial charge on any atom is 0.303 e. The largest absolute Gasteiger partial charge is 0.507 e. The summed E-state index contributed by atoms with van der Waals surface area (Å²) in [4.78, 5) is 38.1. The number of carboxylic acid groups (broad SMARTS) is 1. The summed E-state index contributed by atoms with van der Waals surface area (Å²) in [6, 6.07) is 13.9. The Morgan fingerprint density at radius 1 is 1.00 bits per heavy atom. The van der Waals surface area contributed by atoms with Crippen LogP contribution in [0.4, 0.5) is 0 Å². The number of likely N-dealkylation sites (tertiary alicyclic amines) is 1. The Morgan fingerprint density at radius 3 is 2.16 bits per heavy atom. The number of rotatable bonds is 7. The van der Waals surface area contributed by atoms with Gasteiger partial charge in [-0.05, 0) is 30.4 Å². The van der Waals surface area contributed by atoms with E-state index in [9.17, 15) is 19.5 Å². The number of aliphatic hydroxyl groups is 1. The minimum absolute atomic E-state index is 0.0291. The minimum atomic E-state index is -0.964. The molecule has 0 aliphatic carbocycles. The maximum atomic E-state index is 12.9. The summed E-state index contributed by atoms with van der Waals surface area (Å²) >= 11 is 0. The van der Waals surface area contributed by atoms with Crippen LogP contribution in [0.3, 0.4) is 0 Å². The molecule has 0 bridgehead atoms. The van der Waals surface area contributed by atoms with Crippen LogP contribution in [0.15, 0.2) is 54.1 Å². The molecule has 1 heterocycles. The van der Waals surface area contributed by atoms with Gasteiger partial charge in [-0.1, -0.05) is 67.9 Å². The zero-order valence-electron chi connectivity index (χ0n) is 18.0. The predicted molar refractivity (Wildman–Crippen MR) is 118 cm³/mol. The molecular weight excluding hydrogens is 394 g/mol. The van der Waals surface area contributed by atoms with Gasteiger partial charge in [0.15, 0.2) is 0 Å². The number of ketones is 1. The van der Waals surface area contributed by atoms with Gasteiger partial charge in [-0.15, -0.1) is 0 Å². The van der Waals surface area contributed by atoms with Crippen molar-refractivity contribution >= 4 is 23.4 Å². The van der Waals surface area contributed by atoms with Crippen molar-refractivity contribution < 1.29 is 24.6 Å². The zero-order chi connectivity index (χ0) is 22.7. The van der Waals surface area contributed by atoms with Crippen molar-refractivity contribution in [3.05, 3.63) is 76.4 Å². The fourth-order valence-electron chi connectivity index (χ4n) is 3.79. The molecule has 1 amide bonds. The quantitative estimate of drug-likeness (QED) is 0.392. The molecule has 0 aromatic heterocycles. The number of Topliss-reactive ketones (excluding diaryl/α,β-unsaturated/α-hetero) is 1. The normalized spacial score (nSPS) is 18.1. The monoisotopic (exact) mass is 421 g/mol. The third-order valence-electron chi connectivity index (χ3n) is 5.57. The van der Waals surface area contributed by atoms with Gasteiger partial charge in [0, 0.05) is 18.5 Å². The summed E-state index contributed by atoms with van der Waals surface area (Å²) < 4.78 is 0. The highest BCUT2D eigenvalue weighted by Crippen LogP contribution is 2.39. The average Bonchev–Trinajstić information content (AvgIpc) is 2.98. The van der Waals surface area contributed by atoms with Crippen LogP contribution >= 0.6 is 0 Å². The minimum Gasteiger partial charge on any atom is -0.507 e. The Hall–Kier alpha value is -3.41. The van der Waals surface area contributed by atoms with Crippen molar-refractivity contribution in [3.63, 3.8) is 0 Å². The third-order valence-corrected chi connectivity index (χ3v) is 5.57. The summed E-state index contributed by atoms with van der Waals surface area (Å²) in [5.74, 6) is -2.35. The van der Waals surface area contributed by atoms with E-state index in [0.29, 0.717) is 17.0 Å². The second-order valence-corrected chi connectivity index (χ2v) is 8.18. The second-order valence-electron chi connectivity index (χ2n) is 8.18. The molecule has 31 heavy (non-hydrogen) atoms. The number of aliphatic carboxylic acids is 1. The van der Waals surface area contributed by atoms with Crippen LogP contribution in [0, 0.1) is 6.92 Å². The Kier molecular flexibility index (Phi) is 6.59. The van der Waals surface area contributed by atoms with E-state index in [2.05, 4.69) is 13.8 Å². The zero-order valence-corrected chi connectivity index (χ0v) is 18.0. The van der Waals surface area contributed by atoms with Gasteiger partial charge in [0.05, 0.1) is 11.6 Å². The molecule has 2 aromatic carbocycles. The summed E-state index contributed by atoms with van der Waals surface area (Å²) in [7, 11) is 0. The van der Waals surface area contributed by atoms with Crippen LogP contribution in [-0.4, -0.2) is 39.3 Å². The highest BCUT2D eigenvalue weighted by Gasteiger charge is 2.45. The van der Waals surface area contributed by atoms with E-state index in [1.165, 1.54) is 4.90 Å².